The van der Waals surface area contributed by atoms with E-state index in [-0.39, 0.29) is 0 Å². The maximum atomic E-state index is 12.5. The van der Waals surface area contributed by atoms with Gasteiger partial charge in [-0.2, -0.15) is 13.2 Å². The van der Waals surface area contributed by atoms with Crippen molar-refractivity contribution in [2.75, 3.05) is 0 Å². The number of imidazole rings is 1. The second-order valence-electron chi connectivity index (χ2n) is 3.08. The molecule has 0 saturated heterocycles. The van der Waals surface area contributed by atoms with Crippen molar-refractivity contribution < 1.29 is 26.3 Å². The lowest BCUT2D eigenvalue weighted by Gasteiger charge is -2.13. The van der Waals surface area contributed by atoms with Crippen molar-refractivity contribution in [3.05, 3.63) is 24.2 Å². The van der Waals surface area contributed by atoms with Crippen LogP contribution in [0, 0.1) is 0 Å². The van der Waals surface area contributed by atoms with Gasteiger partial charge in [0.05, 0.1) is 0 Å². The van der Waals surface area contributed by atoms with E-state index in [0.29, 0.717) is 0 Å². The van der Waals surface area contributed by atoms with Crippen LogP contribution in [0.2, 0.25) is 0 Å². The van der Waals surface area contributed by atoms with Gasteiger partial charge in [-0.05, 0) is 12.1 Å². The number of hydrogen-bond donors (Lipinski definition) is 0. The molecule has 2 rings (SSSR count). The largest absolute Gasteiger partial charge is 0.491 e. The molecular weight excluding hydrogens is 252 g/mol. The zero-order chi connectivity index (χ0) is 12.8. The molecule has 0 saturated carbocycles. The first-order valence-electron chi connectivity index (χ1n) is 4.19. The quantitative estimate of drug-likeness (QED) is 0.677. The summed E-state index contributed by atoms with van der Waals surface area (Å²) in [6, 6.07) is 2.23. The van der Waals surface area contributed by atoms with Crippen LogP contribution < -0.4 is 0 Å². The Morgan fingerprint density at radius 3 is 2.24 bits per heavy atom. The fourth-order valence-corrected chi connectivity index (χ4v) is 1.34. The molecule has 0 aliphatic carbocycles. The lowest BCUT2D eigenvalue weighted by molar-refractivity contribution is -0.220. The Hall–Kier alpha value is -1.80. The van der Waals surface area contributed by atoms with Crippen LogP contribution in [-0.2, 0) is 12.5 Å². The molecule has 0 aliphatic rings. The first-order valence-corrected chi connectivity index (χ1v) is 4.19. The third kappa shape index (κ3) is 1.92. The normalized spacial score (nSPS) is 13.3. The van der Waals surface area contributed by atoms with Crippen molar-refractivity contribution in [3.8, 4) is 0 Å². The van der Waals surface area contributed by atoms with E-state index in [4.69, 9.17) is 0 Å². The molecule has 0 radical (unpaired) electrons. The molecule has 0 amide bonds. The third-order valence-corrected chi connectivity index (χ3v) is 1.92. The summed E-state index contributed by atoms with van der Waals surface area (Å²) in [6.45, 7) is 0. The Balaban J connectivity index is 2.84. The molecule has 0 atom stereocenters. The molecule has 17 heavy (non-hydrogen) atoms. The highest BCUT2D eigenvalue weighted by Gasteiger charge is 2.46. The van der Waals surface area contributed by atoms with Gasteiger partial charge in [-0.15, -0.1) is 13.2 Å². The highest BCUT2D eigenvalue weighted by Crippen LogP contribution is 2.36. The van der Waals surface area contributed by atoms with Gasteiger partial charge in [0.25, 0.3) is 0 Å². The molecule has 0 spiro atoms. The van der Waals surface area contributed by atoms with Crippen LogP contribution in [0.5, 0.6) is 0 Å². The number of fused-ring (bicyclic) bond motifs is 1. The summed E-state index contributed by atoms with van der Waals surface area (Å²) >= 11 is 0. The number of rotatable bonds is 0. The zero-order valence-corrected chi connectivity index (χ0v) is 7.84. The average Bonchev–Trinajstić information content (AvgIpc) is 2.54. The number of nitrogens with zero attached hydrogens (tertiary/aromatic N) is 3. The summed E-state index contributed by atoms with van der Waals surface area (Å²) < 4.78 is 73.9. The molecule has 0 aromatic carbocycles. The van der Waals surface area contributed by atoms with Gasteiger partial charge >= 0.3 is 12.5 Å². The van der Waals surface area contributed by atoms with Crippen molar-refractivity contribution >= 4 is 11.2 Å². The van der Waals surface area contributed by atoms with E-state index in [9.17, 15) is 26.3 Å². The second kappa shape index (κ2) is 3.34. The standard InChI is InChI=1S/C8H3F6N3/c9-7(10,11)6-16-4-2-1-3-15-5(4)17(6)8(12,13)14/h1-3H. The maximum absolute atomic E-state index is 12.5. The lowest BCUT2D eigenvalue weighted by atomic mass is 10.4. The highest BCUT2D eigenvalue weighted by molar-refractivity contribution is 5.71. The molecular formula is C8H3F6N3. The molecule has 9 heteroatoms. The minimum absolute atomic E-state index is 0.461. The summed E-state index contributed by atoms with van der Waals surface area (Å²) in [4.78, 5) is 6.17. The summed E-state index contributed by atoms with van der Waals surface area (Å²) in [6.07, 6.45) is -9.46. The molecule has 2 aromatic heterocycles. The summed E-state index contributed by atoms with van der Waals surface area (Å²) in [7, 11) is 0. The van der Waals surface area contributed by atoms with Crippen LogP contribution in [0.25, 0.3) is 11.2 Å². The van der Waals surface area contributed by atoms with E-state index in [1.165, 1.54) is 6.07 Å². The van der Waals surface area contributed by atoms with Crippen LogP contribution >= 0.6 is 0 Å². The van der Waals surface area contributed by atoms with Gasteiger partial charge in [-0.1, -0.05) is 0 Å². The molecule has 2 heterocycles. The van der Waals surface area contributed by atoms with E-state index in [0.717, 1.165) is 12.3 Å². The van der Waals surface area contributed by atoms with Gasteiger partial charge in [0.15, 0.2) is 5.65 Å². The van der Waals surface area contributed by atoms with Gasteiger partial charge in [0.2, 0.25) is 5.82 Å². The number of hydrogen-bond acceptors (Lipinski definition) is 2. The predicted octanol–water partition coefficient (Wildman–Crippen LogP) is 2.93. The molecule has 2 aromatic rings. The van der Waals surface area contributed by atoms with E-state index in [1.54, 1.807) is 0 Å². The number of aromatic nitrogens is 3. The molecule has 0 N–H and O–H groups in total. The Morgan fingerprint density at radius 2 is 1.71 bits per heavy atom. The SMILES string of the molecule is FC(F)(F)c1nc2cccnc2n1C(F)(F)F. The number of pyridine rings is 1. The fourth-order valence-electron chi connectivity index (χ4n) is 1.34. The van der Waals surface area contributed by atoms with Crippen molar-refractivity contribution in [2.24, 2.45) is 0 Å². The van der Waals surface area contributed by atoms with E-state index in [2.05, 4.69) is 9.97 Å². The van der Waals surface area contributed by atoms with Crippen molar-refractivity contribution in [3.63, 3.8) is 0 Å². The Bertz CT molecular complexity index is 552. The first-order chi connectivity index (χ1) is 7.71. The second-order valence-corrected chi connectivity index (χ2v) is 3.08. The minimum atomic E-state index is -5.23. The van der Waals surface area contributed by atoms with Crippen molar-refractivity contribution in [1.29, 1.82) is 0 Å². The van der Waals surface area contributed by atoms with Gasteiger partial charge in [-0.3, -0.25) is 0 Å². The highest BCUT2D eigenvalue weighted by atomic mass is 19.4. The molecule has 0 bridgehead atoms. The van der Waals surface area contributed by atoms with Gasteiger partial charge in [0, 0.05) is 6.20 Å². The Morgan fingerprint density at radius 1 is 1.06 bits per heavy atom. The van der Waals surface area contributed by atoms with E-state index >= 15 is 0 Å². The van der Waals surface area contributed by atoms with E-state index in [1.807, 2.05) is 0 Å². The smallest absolute Gasteiger partial charge is 0.236 e. The topological polar surface area (TPSA) is 30.7 Å². The molecule has 0 aliphatic heterocycles. The van der Waals surface area contributed by atoms with Crippen molar-refractivity contribution in [1.82, 2.24) is 14.5 Å². The molecule has 0 unspecified atom stereocenters. The number of halogens is 6. The minimum Gasteiger partial charge on any atom is -0.236 e. The average molecular weight is 255 g/mol. The summed E-state index contributed by atoms with van der Waals surface area (Å²) in [5.41, 5.74) is -1.33. The van der Waals surface area contributed by atoms with Crippen LogP contribution in [-0.4, -0.2) is 14.5 Å². The van der Waals surface area contributed by atoms with Crippen LogP contribution in [0.1, 0.15) is 5.82 Å². The first kappa shape index (κ1) is 11.7. The predicted molar refractivity (Wildman–Crippen MR) is 43.8 cm³/mol. The van der Waals surface area contributed by atoms with Gasteiger partial charge in [-0.25, -0.2) is 14.5 Å². The van der Waals surface area contributed by atoms with Crippen LogP contribution in [0.3, 0.4) is 0 Å². The molecule has 3 nitrogen and oxygen atoms in total. The Kier molecular flexibility index (Phi) is 2.30. The fraction of sp³-hybridized carbons (Fsp3) is 0.250. The summed E-state index contributed by atoms with van der Waals surface area (Å²) in [5, 5.41) is 0. The summed E-state index contributed by atoms with van der Waals surface area (Å²) in [5.74, 6) is -2.03. The van der Waals surface area contributed by atoms with Crippen molar-refractivity contribution in [2.45, 2.75) is 12.5 Å². The van der Waals surface area contributed by atoms with E-state index < -0.39 is 34.0 Å². The third-order valence-electron chi connectivity index (χ3n) is 1.92. The molecule has 92 valence electrons. The van der Waals surface area contributed by atoms with Gasteiger partial charge < -0.3 is 0 Å². The Labute approximate surface area is 89.7 Å². The zero-order valence-electron chi connectivity index (χ0n) is 7.84. The maximum Gasteiger partial charge on any atom is 0.491 e. The lowest BCUT2D eigenvalue weighted by Crippen LogP contribution is -2.24. The van der Waals surface area contributed by atoms with Gasteiger partial charge in [0.1, 0.15) is 5.52 Å². The number of alkyl halides is 6. The monoisotopic (exact) mass is 255 g/mol. The van der Waals surface area contributed by atoms with Crippen LogP contribution in [0.4, 0.5) is 26.3 Å². The molecule has 0 fully saturated rings. The van der Waals surface area contributed by atoms with Crippen LogP contribution in [0.15, 0.2) is 18.3 Å².